The Hall–Kier alpha value is -3.39. The van der Waals surface area contributed by atoms with Crippen LogP contribution in [0.1, 0.15) is 55.7 Å². The number of aromatic amines is 1. The van der Waals surface area contributed by atoms with E-state index >= 15 is 0 Å². The Labute approximate surface area is 217 Å². The highest BCUT2D eigenvalue weighted by Gasteiger charge is 2.40. The first kappa shape index (κ1) is 24.9. The van der Waals surface area contributed by atoms with Gasteiger partial charge in [0.05, 0.1) is 11.0 Å². The van der Waals surface area contributed by atoms with Gasteiger partial charge in [-0.25, -0.2) is 22.4 Å². The van der Waals surface area contributed by atoms with Crippen LogP contribution in [-0.2, 0) is 5.41 Å². The zero-order valence-electron chi connectivity index (χ0n) is 20.9. The highest BCUT2D eigenvalue weighted by Crippen LogP contribution is 2.46. The van der Waals surface area contributed by atoms with Crippen LogP contribution < -0.4 is 5.69 Å². The lowest BCUT2D eigenvalue weighted by Gasteiger charge is -2.46. The van der Waals surface area contributed by atoms with Gasteiger partial charge in [-0.2, -0.15) is 0 Å². The van der Waals surface area contributed by atoms with E-state index in [4.69, 9.17) is 0 Å². The smallest absolute Gasteiger partial charge is 0.305 e. The van der Waals surface area contributed by atoms with Gasteiger partial charge in [0.2, 0.25) is 0 Å². The second-order valence-corrected chi connectivity index (χ2v) is 10.7. The molecule has 0 spiro atoms. The Morgan fingerprint density at radius 3 is 1.79 bits per heavy atom. The molecular weight excluding hydrogens is 494 g/mol. The molecule has 1 N–H and O–H groups in total. The maximum atomic E-state index is 13.9. The highest BCUT2D eigenvalue weighted by molar-refractivity contribution is 5.75. The number of piperidine rings is 1. The van der Waals surface area contributed by atoms with Crippen molar-refractivity contribution in [1.29, 1.82) is 0 Å². The maximum Gasteiger partial charge on any atom is 0.326 e. The molecule has 2 heterocycles. The number of hydrogen-bond acceptors (Lipinski definition) is 2. The molecule has 1 aliphatic heterocycles. The van der Waals surface area contributed by atoms with Crippen molar-refractivity contribution in [2.75, 3.05) is 13.1 Å². The first-order valence-corrected chi connectivity index (χ1v) is 13.2. The lowest BCUT2D eigenvalue weighted by molar-refractivity contribution is 0.0948. The first-order chi connectivity index (χ1) is 18.3. The van der Waals surface area contributed by atoms with Crippen molar-refractivity contribution in [2.45, 2.75) is 56.0 Å². The normalized spacial score (nSPS) is 19.3. The van der Waals surface area contributed by atoms with E-state index in [9.17, 15) is 22.4 Å². The number of likely N-dealkylation sites (tertiary alicyclic amines) is 1. The molecule has 4 nitrogen and oxygen atoms in total. The fourth-order valence-electron chi connectivity index (χ4n) is 6.73. The van der Waals surface area contributed by atoms with Gasteiger partial charge in [0.1, 0.15) is 11.6 Å². The fourth-order valence-corrected chi connectivity index (χ4v) is 6.73. The number of halogens is 4. The minimum Gasteiger partial charge on any atom is -0.305 e. The van der Waals surface area contributed by atoms with Gasteiger partial charge < -0.3 is 9.88 Å². The second kappa shape index (κ2) is 9.73. The molecule has 2 fully saturated rings. The van der Waals surface area contributed by atoms with Gasteiger partial charge in [-0.05, 0) is 73.9 Å². The van der Waals surface area contributed by atoms with E-state index < -0.39 is 11.6 Å². The molecule has 2 aliphatic rings. The third-order valence-corrected chi connectivity index (χ3v) is 8.74. The average molecular weight is 524 g/mol. The van der Waals surface area contributed by atoms with Crippen molar-refractivity contribution in [3.63, 3.8) is 0 Å². The predicted molar refractivity (Wildman–Crippen MR) is 138 cm³/mol. The van der Waals surface area contributed by atoms with E-state index in [1.54, 1.807) is 4.57 Å². The number of imidazole rings is 1. The van der Waals surface area contributed by atoms with Crippen molar-refractivity contribution in [2.24, 2.45) is 0 Å². The zero-order chi connectivity index (χ0) is 26.4. The number of H-pyrrole nitrogens is 1. The molecule has 1 saturated carbocycles. The van der Waals surface area contributed by atoms with Crippen LogP contribution in [0.3, 0.4) is 0 Å². The van der Waals surface area contributed by atoms with Gasteiger partial charge in [0, 0.05) is 42.7 Å². The molecular formula is C30H29F4N3O. The number of rotatable bonds is 4. The van der Waals surface area contributed by atoms with E-state index in [0.29, 0.717) is 17.1 Å². The molecule has 1 saturated heterocycles. The summed E-state index contributed by atoms with van der Waals surface area (Å²) in [5, 5.41) is 0. The van der Waals surface area contributed by atoms with Crippen LogP contribution in [0.5, 0.6) is 0 Å². The van der Waals surface area contributed by atoms with Gasteiger partial charge >= 0.3 is 5.69 Å². The quantitative estimate of drug-likeness (QED) is 0.312. The summed E-state index contributed by atoms with van der Waals surface area (Å²) in [5.41, 5.74) is 2.15. The van der Waals surface area contributed by atoms with Gasteiger partial charge in [-0.1, -0.05) is 24.3 Å². The van der Waals surface area contributed by atoms with E-state index in [1.165, 1.54) is 24.3 Å². The van der Waals surface area contributed by atoms with Crippen molar-refractivity contribution < 1.29 is 17.6 Å². The monoisotopic (exact) mass is 523 g/mol. The summed E-state index contributed by atoms with van der Waals surface area (Å²) in [6.07, 6.45) is 5.09. The molecule has 1 aromatic heterocycles. The summed E-state index contributed by atoms with van der Waals surface area (Å²) in [6.45, 7) is 1.61. The summed E-state index contributed by atoms with van der Waals surface area (Å²) in [6, 6.07) is 15.8. The van der Waals surface area contributed by atoms with E-state index in [0.717, 1.165) is 74.9 Å². The SMILES string of the molecule is O=c1[nH]c2cc(F)c(F)cc2n1C1CCN(C2CCC(c3ccc(F)cc3)(c3ccc(F)cc3)CC2)CC1. The molecule has 0 radical (unpaired) electrons. The molecule has 4 aromatic rings. The third kappa shape index (κ3) is 4.34. The number of nitrogens with zero attached hydrogens (tertiary/aromatic N) is 2. The second-order valence-electron chi connectivity index (χ2n) is 10.7. The van der Waals surface area contributed by atoms with Crippen LogP contribution in [0.4, 0.5) is 17.6 Å². The molecule has 198 valence electrons. The number of nitrogens with one attached hydrogen (secondary N) is 1. The molecule has 8 heteroatoms. The molecule has 6 rings (SSSR count). The summed E-state index contributed by atoms with van der Waals surface area (Å²) >= 11 is 0. The van der Waals surface area contributed by atoms with Gasteiger partial charge in [-0.15, -0.1) is 0 Å². The minimum atomic E-state index is -0.977. The summed E-state index contributed by atoms with van der Waals surface area (Å²) in [7, 11) is 0. The number of hydrogen-bond donors (Lipinski definition) is 1. The van der Waals surface area contributed by atoms with Crippen molar-refractivity contribution >= 4 is 11.0 Å². The fraction of sp³-hybridized carbons (Fsp3) is 0.367. The van der Waals surface area contributed by atoms with Crippen LogP contribution in [0, 0.1) is 23.3 Å². The molecule has 1 aliphatic carbocycles. The Morgan fingerprint density at radius 1 is 0.711 bits per heavy atom. The van der Waals surface area contributed by atoms with Crippen LogP contribution >= 0.6 is 0 Å². The number of benzene rings is 3. The van der Waals surface area contributed by atoms with Gasteiger partial charge in [0.15, 0.2) is 11.6 Å². The van der Waals surface area contributed by atoms with E-state index in [-0.39, 0.29) is 28.8 Å². The highest BCUT2D eigenvalue weighted by atomic mass is 19.2. The van der Waals surface area contributed by atoms with Crippen LogP contribution in [-0.4, -0.2) is 33.6 Å². The maximum absolute atomic E-state index is 13.9. The number of fused-ring (bicyclic) bond motifs is 1. The molecule has 3 aromatic carbocycles. The topological polar surface area (TPSA) is 41.0 Å². The molecule has 0 bridgehead atoms. The predicted octanol–water partition coefficient (Wildman–Crippen LogP) is 6.45. The van der Waals surface area contributed by atoms with E-state index in [2.05, 4.69) is 9.88 Å². The van der Waals surface area contributed by atoms with Crippen molar-refractivity contribution in [3.05, 3.63) is 106 Å². The lowest BCUT2D eigenvalue weighted by Crippen LogP contribution is -2.46. The molecule has 0 unspecified atom stereocenters. The zero-order valence-corrected chi connectivity index (χ0v) is 20.9. The summed E-state index contributed by atoms with van der Waals surface area (Å²) in [4.78, 5) is 17.8. The Kier molecular flexibility index (Phi) is 6.38. The van der Waals surface area contributed by atoms with E-state index in [1.807, 2.05) is 24.3 Å². The summed E-state index contributed by atoms with van der Waals surface area (Å²) in [5.74, 6) is -2.49. The standard InChI is InChI=1S/C30H29F4N3O/c31-21-5-1-19(2-6-21)30(20-3-7-22(32)8-4-20)13-9-23(10-14-30)36-15-11-24(12-16-36)37-28-18-26(34)25(33)17-27(28)35-29(37)38/h1-8,17-18,23-24H,9-16H2,(H,35,38). The summed E-state index contributed by atoms with van der Waals surface area (Å²) < 4.78 is 56.5. The van der Waals surface area contributed by atoms with Gasteiger partial charge in [-0.3, -0.25) is 4.57 Å². The Balaban J connectivity index is 1.18. The Morgan fingerprint density at radius 2 is 1.24 bits per heavy atom. The largest absolute Gasteiger partial charge is 0.326 e. The first-order valence-electron chi connectivity index (χ1n) is 13.2. The number of aromatic nitrogens is 2. The van der Waals surface area contributed by atoms with Crippen molar-refractivity contribution in [3.8, 4) is 0 Å². The minimum absolute atomic E-state index is 0.0847. The molecule has 38 heavy (non-hydrogen) atoms. The molecule has 0 atom stereocenters. The molecule has 0 amide bonds. The lowest BCUT2D eigenvalue weighted by atomic mass is 9.64. The van der Waals surface area contributed by atoms with Crippen LogP contribution in [0.25, 0.3) is 11.0 Å². The average Bonchev–Trinajstić information content (AvgIpc) is 3.24. The van der Waals surface area contributed by atoms with Crippen LogP contribution in [0.15, 0.2) is 65.5 Å². The van der Waals surface area contributed by atoms with Crippen LogP contribution in [0.2, 0.25) is 0 Å². The van der Waals surface area contributed by atoms with Crippen molar-refractivity contribution in [1.82, 2.24) is 14.5 Å². The Bertz CT molecular complexity index is 1450. The third-order valence-electron chi connectivity index (χ3n) is 8.74. The van der Waals surface area contributed by atoms with Gasteiger partial charge in [0.25, 0.3) is 0 Å².